The van der Waals surface area contributed by atoms with Crippen molar-refractivity contribution < 1.29 is 0 Å². The zero-order valence-corrected chi connectivity index (χ0v) is 13.6. The van der Waals surface area contributed by atoms with Gasteiger partial charge in [0.2, 0.25) is 0 Å². The number of pyridine rings is 1. The standard InChI is InChI=1S/C15H15Br2N/c1-10-4-3-5-13(14(10)16)15(17)11(2)12-6-8-18-9-7-12/h3-9,11,15H,1-2H3. The minimum absolute atomic E-state index is 0.286. The number of benzene rings is 1. The van der Waals surface area contributed by atoms with E-state index in [1.807, 2.05) is 12.4 Å². The molecule has 0 fully saturated rings. The second-order valence-electron chi connectivity index (χ2n) is 4.45. The molecule has 0 aliphatic rings. The van der Waals surface area contributed by atoms with E-state index < -0.39 is 0 Å². The minimum Gasteiger partial charge on any atom is -0.265 e. The lowest BCUT2D eigenvalue weighted by Gasteiger charge is -2.21. The summed E-state index contributed by atoms with van der Waals surface area (Å²) >= 11 is 7.50. The zero-order chi connectivity index (χ0) is 13.1. The lowest BCUT2D eigenvalue weighted by Crippen LogP contribution is -2.03. The molecule has 18 heavy (non-hydrogen) atoms. The second-order valence-corrected chi connectivity index (χ2v) is 6.23. The molecule has 0 amide bonds. The quantitative estimate of drug-likeness (QED) is 0.661. The van der Waals surface area contributed by atoms with Crippen LogP contribution in [0.1, 0.15) is 34.4 Å². The maximum absolute atomic E-state index is 4.07. The largest absolute Gasteiger partial charge is 0.265 e. The molecule has 0 aliphatic heterocycles. The SMILES string of the molecule is Cc1cccc(C(Br)C(C)c2ccncc2)c1Br. The van der Waals surface area contributed by atoms with E-state index in [1.54, 1.807) is 0 Å². The summed E-state index contributed by atoms with van der Waals surface area (Å²) in [6.45, 7) is 4.34. The van der Waals surface area contributed by atoms with E-state index in [9.17, 15) is 0 Å². The molecular weight excluding hydrogens is 354 g/mol. The van der Waals surface area contributed by atoms with Gasteiger partial charge in [0.25, 0.3) is 0 Å². The molecular formula is C15H15Br2N. The van der Waals surface area contributed by atoms with Gasteiger partial charge in [-0.15, -0.1) is 0 Å². The Morgan fingerprint density at radius 3 is 2.44 bits per heavy atom. The summed E-state index contributed by atoms with van der Waals surface area (Å²) < 4.78 is 1.19. The third-order valence-electron chi connectivity index (χ3n) is 3.19. The lowest BCUT2D eigenvalue weighted by molar-refractivity contribution is 0.747. The van der Waals surface area contributed by atoms with E-state index in [0.717, 1.165) is 0 Å². The summed E-state index contributed by atoms with van der Waals surface area (Å²) in [5.74, 6) is 0.395. The van der Waals surface area contributed by atoms with Crippen molar-refractivity contribution in [2.75, 3.05) is 0 Å². The van der Waals surface area contributed by atoms with E-state index in [-0.39, 0.29) is 4.83 Å². The fourth-order valence-corrected chi connectivity index (χ4v) is 3.49. The molecule has 2 atom stereocenters. The van der Waals surface area contributed by atoms with E-state index in [4.69, 9.17) is 0 Å². The first-order valence-corrected chi connectivity index (χ1v) is 7.61. The third kappa shape index (κ3) is 2.83. The number of rotatable bonds is 3. The van der Waals surface area contributed by atoms with Gasteiger partial charge in [0.05, 0.1) is 0 Å². The van der Waals surface area contributed by atoms with E-state index in [1.165, 1.54) is 21.2 Å². The highest BCUT2D eigenvalue weighted by Gasteiger charge is 2.20. The molecule has 0 N–H and O–H groups in total. The molecule has 0 spiro atoms. The fourth-order valence-electron chi connectivity index (χ4n) is 1.99. The molecule has 1 heterocycles. The van der Waals surface area contributed by atoms with Gasteiger partial charge in [-0.3, -0.25) is 4.98 Å². The first kappa shape index (κ1) is 13.8. The van der Waals surface area contributed by atoms with Crippen molar-refractivity contribution in [2.45, 2.75) is 24.6 Å². The van der Waals surface area contributed by atoms with Gasteiger partial charge < -0.3 is 0 Å². The Morgan fingerprint density at radius 1 is 1.11 bits per heavy atom. The Kier molecular flexibility index (Phi) is 4.57. The highest BCUT2D eigenvalue weighted by atomic mass is 79.9. The summed E-state index contributed by atoms with van der Waals surface area (Å²) in [6, 6.07) is 10.5. The first-order valence-electron chi connectivity index (χ1n) is 5.90. The molecule has 0 radical (unpaired) electrons. The molecule has 0 aliphatic carbocycles. The maximum atomic E-state index is 4.07. The normalized spacial score (nSPS) is 14.2. The van der Waals surface area contributed by atoms with Crippen LogP contribution in [0.3, 0.4) is 0 Å². The molecule has 2 rings (SSSR count). The van der Waals surface area contributed by atoms with E-state index in [0.29, 0.717) is 5.92 Å². The van der Waals surface area contributed by atoms with Crippen LogP contribution >= 0.6 is 31.9 Å². The van der Waals surface area contributed by atoms with Gasteiger partial charge in [0.1, 0.15) is 0 Å². The summed E-state index contributed by atoms with van der Waals surface area (Å²) in [4.78, 5) is 4.35. The summed E-state index contributed by atoms with van der Waals surface area (Å²) in [5.41, 5.74) is 3.85. The third-order valence-corrected chi connectivity index (χ3v) is 5.56. The first-order chi connectivity index (χ1) is 8.61. The summed E-state index contributed by atoms with van der Waals surface area (Å²) in [5, 5.41) is 0. The molecule has 2 unspecified atom stereocenters. The second kappa shape index (κ2) is 5.98. The Bertz CT molecular complexity index is 525. The Labute approximate surface area is 125 Å². The predicted octanol–water partition coefficient (Wildman–Crippen LogP) is 5.39. The molecule has 0 saturated carbocycles. The number of aromatic nitrogens is 1. The van der Waals surface area contributed by atoms with E-state index in [2.05, 4.69) is 81.0 Å². The van der Waals surface area contributed by atoms with Gasteiger partial charge in [-0.2, -0.15) is 0 Å². The van der Waals surface area contributed by atoms with Crippen molar-refractivity contribution in [3.8, 4) is 0 Å². The maximum Gasteiger partial charge on any atom is 0.0472 e. The molecule has 2 aromatic rings. The Hall–Kier alpha value is -0.670. The van der Waals surface area contributed by atoms with Crippen LogP contribution in [0.2, 0.25) is 0 Å². The molecule has 1 aromatic heterocycles. The van der Waals surface area contributed by atoms with Gasteiger partial charge in [0, 0.05) is 21.7 Å². The van der Waals surface area contributed by atoms with Crippen molar-refractivity contribution in [1.29, 1.82) is 0 Å². The number of hydrogen-bond donors (Lipinski definition) is 0. The highest BCUT2D eigenvalue weighted by Crippen LogP contribution is 2.41. The molecule has 3 heteroatoms. The predicted molar refractivity (Wildman–Crippen MR) is 83.2 cm³/mol. The monoisotopic (exact) mass is 367 g/mol. The van der Waals surface area contributed by atoms with Gasteiger partial charge in [-0.05, 0) is 41.7 Å². The van der Waals surface area contributed by atoms with Crippen LogP contribution < -0.4 is 0 Å². The molecule has 1 nitrogen and oxygen atoms in total. The number of hydrogen-bond acceptors (Lipinski definition) is 1. The van der Waals surface area contributed by atoms with E-state index >= 15 is 0 Å². The lowest BCUT2D eigenvalue weighted by atomic mass is 9.94. The van der Waals surface area contributed by atoms with Crippen LogP contribution in [0.15, 0.2) is 47.2 Å². The molecule has 0 bridgehead atoms. The van der Waals surface area contributed by atoms with Crippen molar-refractivity contribution in [1.82, 2.24) is 4.98 Å². The van der Waals surface area contributed by atoms with Crippen molar-refractivity contribution in [2.24, 2.45) is 0 Å². The summed E-state index contributed by atoms with van der Waals surface area (Å²) in [7, 11) is 0. The number of halogens is 2. The average Bonchev–Trinajstić information content (AvgIpc) is 2.41. The van der Waals surface area contributed by atoms with Crippen LogP contribution in [0.25, 0.3) is 0 Å². The molecule has 0 saturated heterocycles. The Balaban J connectivity index is 2.31. The van der Waals surface area contributed by atoms with Crippen LogP contribution in [-0.2, 0) is 0 Å². The highest BCUT2D eigenvalue weighted by molar-refractivity contribution is 9.11. The van der Waals surface area contributed by atoms with Crippen LogP contribution in [0, 0.1) is 6.92 Å². The fraction of sp³-hybridized carbons (Fsp3) is 0.267. The van der Waals surface area contributed by atoms with Gasteiger partial charge in [0.15, 0.2) is 0 Å². The number of nitrogens with zero attached hydrogens (tertiary/aromatic N) is 1. The van der Waals surface area contributed by atoms with Crippen molar-refractivity contribution in [3.63, 3.8) is 0 Å². The average molecular weight is 369 g/mol. The Morgan fingerprint density at radius 2 is 1.78 bits per heavy atom. The van der Waals surface area contributed by atoms with Crippen molar-refractivity contribution >= 4 is 31.9 Å². The zero-order valence-electron chi connectivity index (χ0n) is 10.4. The molecule has 94 valence electrons. The topological polar surface area (TPSA) is 12.9 Å². The molecule has 1 aromatic carbocycles. The van der Waals surface area contributed by atoms with Gasteiger partial charge in [-0.1, -0.05) is 57.0 Å². The smallest absolute Gasteiger partial charge is 0.0472 e. The number of alkyl halides is 1. The summed E-state index contributed by atoms with van der Waals surface area (Å²) in [6.07, 6.45) is 3.69. The number of aryl methyl sites for hydroxylation is 1. The van der Waals surface area contributed by atoms with Crippen LogP contribution in [0.5, 0.6) is 0 Å². The van der Waals surface area contributed by atoms with Crippen LogP contribution in [0.4, 0.5) is 0 Å². The van der Waals surface area contributed by atoms with Crippen LogP contribution in [-0.4, -0.2) is 4.98 Å². The van der Waals surface area contributed by atoms with Gasteiger partial charge in [-0.25, -0.2) is 0 Å². The van der Waals surface area contributed by atoms with Crippen molar-refractivity contribution in [3.05, 3.63) is 63.9 Å². The minimum atomic E-state index is 0.286. The van der Waals surface area contributed by atoms with Gasteiger partial charge >= 0.3 is 0 Å².